The van der Waals surface area contributed by atoms with Crippen molar-refractivity contribution in [1.29, 1.82) is 0 Å². The highest BCUT2D eigenvalue weighted by Crippen LogP contribution is 2.13. The van der Waals surface area contributed by atoms with Crippen LogP contribution in [0.15, 0.2) is 54.6 Å². The first kappa shape index (κ1) is 20.6. The van der Waals surface area contributed by atoms with E-state index in [2.05, 4.69) is 5.32 Å². The molecule has 5 heteroatoms. The van der Waals surface area contributed by atoms with Gasteiger partial charge in [-0.2, -0.15) is 0 Å². The maximum atomic E-state index is 12.1. The van der Waals surface area contributed by atoms with Crippen molar-refractivity contribution < 1.29 is 19.1 Å². The number of nitrogens with one attached hydrogen (secondary N) is 1. The highest BCUT2D eigenvalue weighted by Gasteiger charge is 2.12. The van der Waals surface area contributed by atoms with Gasteiger partial charge < -0.3 is 14.8 Å². The van der Waals surface area contributed by atoms with Crippen molar-refractivity contribution in [3.63, 3.8) is 0 Å². The lowest BCUT2D eigenvalue weighted by Crippen LogP contribution is -2.31. The predicted octanol–water partition coefficient (Wildman–Crippen LogP) is 3.69. The van der Waals surface area contributed by atoms with Crippen LogP contribution in [0.5, 0.6) is 0 Å². The summed E-state index contributed by atoms with van der Waals surface area (Å²) >= 11 is 0. The molecule has 0 bridgehead atoms. The molecule has 0 aromatic heterocycles. The van der Waals surface area contributed by atoms with Gasteiger partial charge >= 0.3 is 5.97 Å². The van der Waals surface area contributed by atoms with Gasteiger partial charge in [0, 0.05) is 6.54 Å². The van der Waals surface area contributed by atoms with Gasteiger partial charge in [-0.05, 0) is 43.0 Å². The van der Waals surface area contributed by atoms with Crippen LogP contribution in [-0.2, 0) is 20.9 Å². The molecule has 2 aromatic carbocycles. The molecule has 144 valence electrons. The van der Waals surface area contributed by atoms with Crippen molar-refractivity contribution in [2.45, 2.75) is 39.4 Å². The highest BCUT2D eigenvalue weighted by atomic mass is 16.5. The van der Waals surface area contributed by atoms with Gasteiger partial charge in [-0.1, -0.05) is 49.4 Å². The summed E-state index contributed by atoms with van der Waals surface area (Å²) in [5.74, 6) is -0.642. The zero-order valence-electron chi connectivity index (χ0n) is 16.1. The van der Waals surface area contributed by atoms with Crippen molar-refractivity contribution in [3.05, 3.63) is 71.3 Å². The maximum absolute atomic E-state index is 12.1. The Morgan fingerprint density at radius 2 is 1.63 bits per heavy atom. The van der Waals surface area contributed by atoms with Crippen molar-refractivity contribution in [1.82, 2.24) is 5.32 Å². The summed E-state index contributed by atoms with van der Waals surface area (Å²) < 4.78 is 10.6. The van der Waals surface area contributed by atoms with Crippen molar-refractivity contribution in [2.24, 2.45) is 0 Å². The lowest BCUT2D eigenvalue weighted by molar-refractivity contribution is -0.124. The zero-order chi connectivity index (χ0) is 19.6. The van der Waals surface area contributed by atoms with E-state index in [9.17, 15) is 9.59 Å². The van der Waals surface area contributed by atoms with Crippen LogP contribution in [0, 0.1) is 0 Å². The standard InChI is InChI=1S/C22H27NO4/c1-16(2)26-14-18-9-11-20(12-10-18)22(25)27-15-21(24)23-13-17(3)19-7-5-4-6-8-19/h4-12,16-17H,13-15H2,1-3H3,(H,23,24)/t17-/m1/s1. The van der Waals surface area contributed by atoms with E-state index >= 15 is 0 Å². The number of amides is 1. The molecule has 1 N–H and O–H groups in total. The Hall–Kier alpha value is -2.66. The molecule has 2 aromatic rings. The quantitative estimate of drug-likeness (QED) is 0.685. The summed E-state index contributed by atoms with van der Waals surface area (Å²) in [6.07, 6.45) is 0.151. The van der Waals surface area contributed by atoms with Crippen molar-refractivity contribution >= 4 is 11.9 Å². The Morgan fingerprint density at radius 3 is 2.26 bits per heavy atom. The lowest BCUT2D eigenvalue weighted by atomic mass is 10.0. The first-order valence-electron chi connectivity index (χ1n) is 9.15. The second-order valence-corrected chi connectivity index (χ2v) is 6.75. The Kier molecular flexibility index (Phi) is 8.01. The maximum Gasteiger partial charge on any atom is 0.338 e. The minimum Gasteiger partial charge on any atom is -0.452 e. The van der Waals surface area contributed by atoms with E-state index in [1.54, 1.807) is 12.1 Å². The van der Waals surface area contributed by atoms with Gasteiger partial charge in [-0.25, -0.2) is 4.79 Å². The number of benzene rings is 2. The van der Waals surface area contributed by atoms with Crippen LogP contribution in [-0.4, -0.2) is 31.1 Å². The fourth-order valence-electron chi connectivity index (χ4n) is 2.43. The summed E-state index contributed by atoms with van der Waals surface area (Å²) in [7, 11) is 0. The Balaban J connectivity index is 1.73. The first-order valence-corrected chi connectivity index (χ1v) is 9.15. The molecular formula is C22H27NO4. The van der Waals surface area contributed by atoms with Crippen LogP contribution in [0.3, 0.4) is 0 Å². The number of carbonyl (C=O) groups excluding carboxylic acids is 2. The van der Waals surface area contributed by atoms with Gasteiger partial charge in [0.1, 0.15) is 0 Å². The minimum atomic E-state index is -0.516. The van der Waals surface area contributed by atoms with Crippen LogP contribution < -0.4 is 5.32 Å². The second kappa shape index (κ2) is 10.5. The smallest absolute Gasteiger partial charge is 0.338 e. The monoisotopic (exact) mass is 369 g/mol. The molecule has 0 fully saturated rings. The van der Waals surface area contributed by atoms with Gasteiger partial charge in [0.05, 0.1) is 18.3 Å². The largest absolute Gasteiger partial charge is 0.452 e. The number of rotatable bonds is 9. The molecular weight excluding hydrogens is 342 g/mol. The molecule has 0 unspecified atom stereocenters. The number of esters is 1. The molecule has 0 saturated carbocycles. The van der Waals surface area contributed by atoms with E-state index in [0.717, 1.165) is 11.1 Å². The molecule has 27 heavy (non-hydrogen) atoms. The number of ether oxygens (including phenoxy) is 2. The molecule has 1 atom stereocenters. The first-order chi connectivity index (χ1) is 13.0. The summed E-state index contributed by atoms with van der Waals surface area (Å²) in [6, 6.07) is 16.9. The highest BCUT2D eigenvalue weighted by molar-refractivity contribution is 5.91. The average molecular weight is 369 g/mol. The molecule has 0 spiro atoms. The summed E-state index contributed by atoms with van der Waals surface area (Å²) in [4.78, 5) is 24.0. The molecule has 0 aliphatic rings. The molecule has 5 nitrogen and oxygen atoms in total. The Bertz CT molecular complexity index is 726. The molecule has 0 aliphatic carbocycles. The molecule has 0 aliphatic heterocycles. The van der Waals surface area contributed by atoms with Crippen molar-refractivity contribution in [2.75, 3.05) is 13.2 Å². The summed E-state index contributed by atoms with van der Waals surface area (Å²) in [6.45, 7) is 6.67. The van der Waals surface area contributed by atoms with Crippen LogP contribution in [0.25, 0.3) is 0 Å². The van der Waals surface area contributed by atoms with E-state index in [1.165, 1.54) is 0 Å². The van der Waals surface area contributed by atoms with E-state index in [-0.39, 0.29) is 24.5 Å². The third-order valence-electron chi connectivity index (χ3n) is 4.08. The molecule has 0 heterocycles. The lowest BCUT2D eigenvalue weighted by Gasteiger charge is -2.13. The molecule has 0 saturated heterocycles. The number of hydrogen-bond donors (Lipinski definition) is 1. The van der Waals surface area contributed by atoms with E-state index in [0.29, 0.717) is 18.7 Å². The topological polar surface area (TPSA) is 64.6 Å². The second-order valence-electron chi connectivity index (χ2n) is 6.75. The van der Waals surface area contributed by atoms with Crippen LogP contribution in [0.4, 0.5) is 0 Å². The van der Waals surface area contributed by atoms with Gasteiger partial charge in [0.15, 0.2) is 6.61 Å². The average Bonchev–Trinajstić information content (AvgIpc) is 2.69. The zero-order valence-corrected chi connectivity index (χ0v) is 16.1. The van der Waals surface area contributed by atoms with Gasteiger partial charge in [0.2, 0.25) is 0 Å². The summed E-state index contributed by atoms with van der Waals surface area (Å²) in [5.41, 5.74) is 2.54. The van der Waals surface area contributed by atoms with E-state index < -0.39 is 5.97 Å². The van der Waals surface area contributed by atoms with Gasteiger partial charge in [-0.15, -0.1) is 0 Å². The van der Waals surface area contributed by atoms with Crippen LogP contribution >= 0.6 is 0 Å². The third-order valence-corrected chi connectivity index (χ3v) is 4.08. The fraction of sp³-hybridized carbons (Fsp3) is 0.364. The van der Waals surface area contributed by atoms with Gasteiger partial charge in [-0.3, -0.25) is 4.79 Å². The van der Waals surface area contributed by atoms with Crippen LogP contribution in [0.1, 0.15) is 48.2 Å². The molecule has 1 amide bonds. The normalized spacial score (nSPS) is 11.9. The number of hydrogen-bond acceptors (Lipinski definition) is 4. The van der Waals surface area contributed by atoms with Crippen molar-refractivity contribution in [3.8, 4) is 0 Å². The molecule has 0 radical (unpaired) electrons. The minimum absolute atomic E-state index is 0.151. The van der Waals surface area contributed by atoms with E-state index in [1.807, 2.05) is 63.2 Å². The summed E-state index contributed by atoms with van der Waals surface area (Å²) in [5, 5.41) is 2.79. The SMILES string of the molecule is CC(C)OCc1ccc(C(=O)OCC(=O)NC[C@@H](C)c2ccccc2)cc1. The molecule has 2 rings (SSSR count). The Morgan fingerprint density at radius 1 is 0.963 bits per heavy atom. The Labute approximate surface area is 160 Å². The van der Waals surface area contributed by atoms with Crippen LogP contribution in [0.2, 0.25) is 0 Å². The third kappa shape index (κ3) is 7.23. The predicted molar refractivity (Wildman–Crippen MR) is 105 cm³/mol. The van der Waals surface area contributed by atoms with E-state index in [4.69, 9.17) is 9.47 Å². The number of carbonyl (C=O) groups is 2. The van der Waals surface area contributed by atoms with Gasteiger partial charge in [0.25, 0.3) is 5.91 Å². The fourth-order valence-corrected chi connectivity index (χ4v) is 2.43.